The van der Waals surface area contributed by atoms with Crippen LogP contribution in [0.15, 0.2) is 39.6 Å². The lowest BCUT2D eigenvalue weighted by Gasteiger charge is -2.19. The highest BCUT2D eigenvalue weighted by atomic mass is 16.4. The molecule has 0 bridgehead atoms. The lowest BCUT2D eigenvalue weighted by Crippen LogP contribution is -2.31. The number of benzene rings is 1. The van der Waals surface area contributed by atoms with Crippen molar-refractivity contribution in [1.29, 1.82) is 0 Å². The Hall–Kier alpha value is -2.89. The van der Waals surface area contributed by atoms with Crippen molar-refractivity contribution in [3.8, 4) is 0 Å². The van der Waals surface area contributed by atoms with E-state index in [4.69, 9.17) is 4.42 Å². The molecule has 0 saturated heterocycles. The van der Waals surface area contributed by atoms with Crippen molar-refractivity contribution in [2.75, 3.05) is 23.9 Å². The first kappa shape index (κ1) is 14.1. The predicted octanol–water partition coefficient (Wildman–Crippen LogP) is 1.60. The van der Waals surface area contributed by atoms with Crippen molar-refractivity contribution >= 4 is 34.2 Å². The van der Waals surface area contributed by atoms with E-state index in [0.717, 1.165) is 10.6 Å². The van der Waals surface area contributed by atoms with Crippen molar-refractivity contribution in [3.05, 3.63) is 46.3 Å². The molecular weight excluding hydrogens is 284 g/mol. The number of amides is 2. The van der Waals surface area contributed by atoms with E-state index in [1.807, 2.05) is 25.1 Å². The smallest absolute Gasteiger partial charge is 0.341 e. The summed E-state index contributed by atoms with van der Waals surface area (Å²) in [5, 5.41) is 0.549. The van der Waals surface area contributed by atoms with Gasteiger partial charge in [0.2, 0.25) is 0 Å². The second kappa shape index (κ2) is 4.84. The average molecular weight is 298 g/mol. The minimum absolute atomic E-state index is 0.232. The van der Waals surface area contributed by atoms with Gasteiger partial charge in [0.1, 0.15) is 5.58 Å². The molecule has 1 aromatic carbocycles. The largest absolute Gasteiger partial charge is 0.422 e. The van der Waals surface area contributed by atoms with E-state index in [1.165, 1.54) is 12.2 Å². The van der Waals surface area contributed by atoms with E-state index >= 15 is 0 Å². The summed E-state index contributed by atoms with van der Waals surface area (Å²) in [5.74, 6) is -0.923. The van der Waals surface area contributed by atoms with Gasteiger partial charge in [0.25, 0.3) is 11.8 Å². The van der Waals surface area contributed by atoms with Gasteiger partial charge >= 0.3 is 5.63 Å². The Labute approximate surface area is 126 Å². The maximum absolute atomic E-state index is 12.1. The number of hydrogen-bond acceptors (Lipinski definition) is 5. The molecule has 0 radical (unpaired) electrons. The minimum Gasteiger partial charge on any atom is -0.422 e. The molecule has 0 N–H and O–H groups in total. The molecule has 0 spiro atoms. The van der Waals surface area contributed by atoms with Crippen LogP contribution in [0.5, 0.6) is 0 Å². The summed E-state index contributed by atoms with van der Waals surface area (Å²) in [4.78, 5) is 38.8. The van der Waals surface area contributed by atoms with Gasteiger partial charge in [0.15, 0.2) is 0 Å². The highest BCUT2D eigenvalue weighted by Crippen LogP contribution is 2.32. The fraction of sp³-hybridized carbons (Fsp3) is 0.188. The number of carbonyl (C=O) groups excluding carboxylic acids is 2. The van der Waals surface area contributed by atoms with Gasteiger partial charge in [-0.2, -0.15) is 0 Å². The number of imide groups is 1. The van der Waals surface area contributed by atoms with Crippen molar-refractivity contribution < 1.29 is 14.0 Å². The third-order valence-corrected chi connectivity index (χ3v) is 3.63. The number of fused-ring (bicyclic) bond motifs is 1. The van der Waals surface area contributed by atoms with Gasteiger partial charge in [-0.05, 0) is 19.1 Å². The monoisotopic (exact) mass is 298 g/mol. The van der Waals surface area contributed by atoms with Crippen LogP contribution >= 0.6 is 0 Å². The molecule has 0 fully saturated rings. The van der Waals surface area contributed by atoms with Gasteiger partial charge in [-0.15, -0.1) is 0 Å². The summed E-state index contributed by atoms with van der Waals surface area (Å²) in [5.41, 5.74) is 1.14. The highest BCUT2D eigenvalue weighted by molar-refractivity contribution is 6.30. The number of carbonyl (C=O) groups is 2. The van der Waals surface area contributed by atoms with Gasteiger partial charge in [0, 0.05) is 43.4 Å². The molecule has 0 unspecified atom stereocenters. The molecule has 2 aromatic rings. The molecule has 2 heterocycles. The third kappa shape index (κ3) is 2.00. The van der Waals surface area contributed by atoms with E-state index in [9.17, 15) is 14.4 Å². The number of nitrogens with zero attached hydrogens (tertiary/aromatic N) is 2. The van der Waals surface area contributed by atoms with Gasteiger partial charge in [-0.3, -0.25) is 9.59 Å². The Morgan fingerprint density at radius 1 is 1.05 bits per heavy atom. The van der Waals surface area contributed by atoms with Crippen LogP contribution in [0.1, 0.15) is 5.56 Å². The van der Waals surface area contributed by atoms with Crippen molar-refractivity contribution in [2.24, 2.45) is 0 Å². The Morgan fingerprint density at radius 3 is 2.27 bits per heavy atom. The van der Waals surface area contributed by atoms with Gasteiger partial charge in [0.05, 0.1) is 11.3 Å². The SMILES string of the molecule is Cc1c(N2C(=O)C=CC2=O)c2ccc(N(C)C)cc2oc1=O. The van der Waals surface area contributed by atoms with E-state index in [1.54, 1.807) is 19.1 Å². The zero-order valence-corrected chi connectivity index (χ0v) is 12.4. The van der Waals surface area contributed by atoms with Crippen LogP contribution in [-0.4, -0.2) is 25.9 Å². The summed E-state index contributed by atoms with van der Waals surface area (Å²) >= 11 is 0. The van der Waals surface area contributed by atoms with Crippen molar-refractivity contribution in [3.63, 3.8) is 0 Å². The Balaban J connectivity index is 2.33. The average Bonchev–Trinajstić information content (AvgIpc) is 2.79. The Bertz CT molecular complexity index is 875. The molecule has 6 nitrogen and oxygen atoms in total. The molecule has 2 amide bonds. The fourth-order valence-corrected chi connectivity index (χ4v) is 2.45. The molecule has 112 valence electrons. The second-order valence-electron chi connectivity index (χ2n) is 5.28. The van der Waals surface area contributed by atoms with Crippen LogP contribution in [0, 0.1) is 6.92 Å². The summed E-state index contributed by atoms with van der Waals surface area (Å²) in [7, 11) is 3.73. The quantitative estimate of drug-likeness (QED) is 0.622. The molecular formula is C16H14N2O4. The molecule has 0 saturated carbocycles. The molecule has 6 heteroatoms. The second-order valence-corrected chi connectivity index (χ2v) is 5.28. The highest BCUT2D eigenvalue weighted by Gasteiger charge is 2.29. The van der Waals surface area contributed by atoms with Crippen molar-refractivity contribution in [2.45, 2.75) is 6.92 Å². The van der Waals surface area contributed by atoms with Crippen LogP contribution in [0.2, 0.25) is 0 Å². The zero-order chi connectivity index (χ0) is 16.0. The summed E-state index contributed by atoms with van der Waals surface area (Å²) in [6, 6.07) is 5.29. The van der Waals surface area contributed by atoms with E-state index < -0.39 is 17.4 Å². The zero-order valence-electron chi connectivity index (χ0n) is 12.4. The summed E-state index contributed by atoms with van der Waals surface area (Å²) in [6.45, 7) is 1.54. The van der Waals surface area contributed by atoms with Crippen LogP contribution in [0.3, 0.4) is 0 Å². The summed E-state index contributed by atoms with van der Waals surface area (Å²) in [6.07, 6.45) is 2.38. The number of hydrogen-bond donors (Lipinski definition) is 0. The number of anilines is 2. The first-order chi connectivity index (χ1) is 10.4. The molecule has 3 rings (SSSR count). The van der Waals surface area contributed by atoms with Crippen LogP contribution < -0.4 is 15.4 Å². The normalized spacial score (nSPS) is 14.2. The Kier molecular flexibility index (Phi) is 3.09. The topological polar surface area (TPSA) is 70.8 Å². The lowest BCUT2D eigenvalue weighted by molar-refractivity contribution is -0.119. The van der Waals surface area contributed by atoms with Crippen LogP contribution in [0.4, 0.5) is 11.4 Å². The number of rotatable bonds is 2. The predicted molar refractivity (Wildman–Crippen MR) is 83.2 cm³/mol. The first-order valence-corrected chi connectivity index (χ1v) is 6.71. The summed E-state index contributed by atoms with van der Waals surface area (Å²) < 4.78 is 5.30. The van der Waals surface area contributed by atoms with Crippen LogP contribution in [0.25, 0.3) is 11.0 Å². The van der Waals surface area contributed by atoms with Gasteiger partial charge in [-0.1, -0.05) is 0 Å². The first-order valence-electron chi connectivity index (χ1n) is 6.71. The Morgan fingerprint density at radius 2 is 1.68 bits per heavy atom. The van der Waals surface area contributed by atoms with Gasteiger partial charge < -0.3 is 9.32 Å². The van der Waals surface area contributed by atoms with Gasteiger partial charge in [-0.25, -0.2) is 9.69 Å². The lowest BCUT2D eigenvalue weighted by atomic mass is 10.1. The molecule has 1 aromatic heterocycles. The van der Waals surface area contributed by atoms with E-state index in [2.05, 4.69) is 0 Å². The molecule has 22 heavy (non-hydrogen) atoms. The fourth-order valence-electron chi connectivity index (χ4n) is 2.45. The molecule has 1 aliphatic heterocycles. The molecule has 1 aliphatic rings. The minimum atomic E-state index is -0.564. The van der Waals surface area contributed by atoms with Crippen LogP contribution in [-0.2, 0) is 9.59 Å². The molecule has 0 aliphatic carbocycles. The standard InChI is InChI=1S/C16H14N2O4/c1-9-15(18-13(19)6-7-14(18)20)11-5-4-10(17(2)3)8-12(11)22-16(9)21/h4-8H,1-3H3. The van der Waals surface area contributed by atoms with E-state index in [-0.39, 0.29) is 11.3 Å². The molecule has 0 atom stereocenters. The van der Waals surface area contributed by atoms with E-state index in [0.29, 0.717) is 11.0 Å². The third-order valence-electron chi connectivity index (χ3n) is 3.63. The maximum atomic E-state index is 12.1. The van der Waals surface area contributed by atoms with Crippen molar-refractivity contribution in [1.82, 2.24) is 0 Å². The maximum Gasteiger partial charge on any atom is 0.341 e.